The van der Waals surface area contributed by atoms with Crippen LogP contribution < -0.4 is 4.74 Å². The standard InChI is InChI=1S/C14H20O3/c1-3-10-7-5-6-8-12(10)17-13-9-11(15)14(13)16-4-2/h5-8,11,13-15H,3-4,9H2,1-2H3. The monoisotopic (exact) mass is 236 g/mol. The van der Waals surface area contributed by atoms with Gasteiger partial charge >= 0.3 is 0 Å². The van der Waals surface area contributed by atoms with E-state index in [-0.39, 0.29) is 18.3 Å². The van der Waals surface area contributed by atoms with Gasteiger partial charge in [-0.2, -0.15) is 0 Å². The molecule has 2 rings (SSSR count). The highest BCUT2D eigenvalue weighted by Crippen LogP contribution is 2.30. The maximum Gasteiger partial charge on any atom is 0.130 e. The lowest BCUT2D eigenvalue weighted by Crippen LogP contribution is -2.55. The lowest BCUT2D eigenvalue weighted by Gasteiger charge is -2.40. The van der Waals surface area contributed by atoms with E-state index in [9.17, 15) is 5.11 Å². The van der Waals surface area contributed by atoms with Crippen LogP contribution in [-0.4, -0.2) is 30.0 Å². The molecule has 3 heteroatoms. The second kappa shape index (κ2) is 5.52. The molecule has 1 aliphatic rings. The minimum absolute atomic E-state index is 0.0161. The topological polar surface area (TPSA) is 38.7 Å². The van der Waals surface area contributed by atoms with E-state index in [4.69, 9.17) is 9.47 Å². The maximum atomic E-state index is 9.61. The molecule has 0 radical (unpaired) electrons. The third kappa shape index (κ3) is 2.61. The van der Waals surface area contributed by atoms with Crippen LogP contribution in [0.3, 0.4) is 0 Å². The molecule has 1 aromatic carbocycles. The fourth-order valence-electron chi connectivity index (χ4n) is 2.16. The SMILES string of the molecule is CCOC1C(O)CC1Oc1ccccc1CC. The van der Waals surface area contributed by atoms with E-state index in [0.29, 0.717) is 13.0 Å². The minimum Gasteiger partial charge on any atom is -0.487 e. The van der Waals surface area contributed by atoms with Crippen molar-refractivity contribution >= 4 is 0 Å². The van der Waals surface area contributed by atoms with Gasteiger partial charge in [-0.25, -0.2) is 0 Å². The van der Waals surface area contributed by atoms with Crippen molar-refractivity contribution in [3.8, 4) is 5.75 Å². The van der Waals surface area contributed by atoms with Gasteiger partial charge in [-0.15, -0.1) is 0 Å². The molecule has 0 aliphatic heterocycles. The summed E-state index contributed by atoms with van der Waals surface area (Å²) in [6.45, 7) is 4.65. The smallest absolute Gasteiger partial charge is 0.130 e. The van der Waals surface area contributed by atoms with E-state index in [2.05, 4.69) is 13.0 Å². The van der Waals surface area contributed by atoms with E-state index in [0.717, 1.165) is 12.2 Å². The van der Waals surface area contributed by atoms with Crippen molar-refractivity contribution in [3.05, 3.63) is 29.8 Å². The Labute approximate surface area is 102 Å². The molecule has 1 N–H and O–H groups in total. The number of aliphatic hydroxyl groups is 1. The van der Waals surface area contributed by atoms with E-state index < -0.39 is 0 Å². The van der Waals surface area contributed by atoms with Crippen LogP contribution in [0.1, 0.15) is 25.8 Å². The quantitative estimate of drug-likeness (QED) is 0.851. The summed E-state index contributed by atoms with van der Waals surface area (Å²) >= 11 is 0. The Morgan fingerprint density at radius 1 is 1.29 bits per heavy atom. The molecule has 3 nitrogen and oxygen atoms in total. The van der Waals surface area contributed by atoms with Crippen LogP contribution in [-0.2, 0) is 11.2 Å². The van der Waals surface area contributed by atoms with Crippen molar-refractivity contribution in [3.63, 3.8) is 0 Å². The zero-order chi connectivity index (χ0) is 12.3. The number of rotatable bonds is 5. The number of aryl methyl sites for hydroxylation is 1. The van der Waals surface area contributed by atoms with Crippen molar-refractivity contribution < 1.29 is 14.6 Å². The average molecular weight is 236 g/mol. The van der Waals surface area contributed by atoms with E-state index in [1.54, 1.807) is 0 Å². The van der Waals surface area contributed by atoms with Crippen LogP contribution >= 0.6 is 0 Å². The predicted octanol–water partition coefficient (Wildman–Crippen LogP) is 2.17. The largest absolute Gasteiger partial charge is 0.487 e. The first-order valence-corrected chi connectivity index (χ1v) is 6.30. The molecule has 0 spiro atoms. The number of hydrogen-bond acceptors (Lipinski definition) is 3. The second-order valence-electron chi connectivity index (χ2n) is 4.34. The van der Waals surface area contributed by atoms with Crippen LogP contribution in [0.15, 0.2) is 24.3 Å². The molecule has 1 aliphatic carbocycles. The van der Waals surface area contributed by atoms with Gasteiger partial charge in [0, 0.05) is 13.0 Å². The Morgan fingerprint density at radius 3 is 2.71 bits per heavy atom. The molecule has 17 heavy (non-hydrogen) atoms. The predicted molar refractivity (Wildman–Crippen MR) is 66.3 cm³/mol. The van der Waals surface area contributed by atoms with Gasteiger partial charge in [-0.3, -0.25) is 0 Å². The van der Waals surface area contributed by atoms with Crippen molar-refractivity contribution in [1.82, 2.24) is 0 Å². The summed E-state index contributed by atoms with van der Waals surface area (Å²) in [6, 6.07) is 8.03. The van der Waals surface area contributed by atoms with Gasteiger partial charge < -0.3 is 14.6 Å². The van der Waals surface area contributed by atoms with Crippen LogP contribution in [0.4, 0.5) is 0 Å². The van der Waals surface area contributed by atoms with Gasteiger partial charge in [0.15, 0.2) is 0 Å². The Morgan fingerprint density at radius 2 is 2.06 bits per heavy atom. The summed E-state index contributed by atoms with van der Waals surface area (Å²) in [6.07, 6.45) is 1.03. The molecular formula is C14H20O3. The van der Waals surface area contributed by atoms with Crippen molar-refractivity contribution in [1.29, 1.82) is 0 Å². The number of ether oxygens (including phenoxy) is 2. The Balaban J connectivity index is 2.01. The molecule has 0 saturated heterocycles. The van der Waals surface area contributed by atoms with Crippen LogP contribution in [0, 0.1) is 0 Å². The summed E-state index contributed by atoms with van der Waals surface area (Å²) in [7, 11) is 0. The summed E-state index contributed by atoms with van der Waals surface area (Å²) in [4.78, 5) is 0. The molecule has 0 bridgehead atoms. The average Bonchev–Trinajstić information content (AvgIpc) is 2.36. The third-order valence-corrected chi connectivity index (χ3v) is 3.21. The number of hydrogen-bond donors (Lipinski definition) is 1. The van der Waals surface area contributed by atoms with Gasteiger partial charge in [0.1, 0.15) is 18.0 Å². The first kappa shape index (κ1) is 12.4. The third-order valence-electron chi connectivity index (χ3n) is 3.21. The molecule has 1 aromatic rings. The normalized spacial score (nSPS) is 27.6. The Kier molecular flexibility index (Phi) is 4.02. The zero-order valence-corrected chi connectivity index (χ0v) is 10.4. The van der Waals surface area contributed by atoms with E-state index in [1.807, 2.05) is 25.1 Å². The van der Waals surface area contributed by atoms with Gasteiger partial charge in [0.2, 0.25) is 0 Å². The molecule has 0 heterocycles. The Hall–Kier alpha value is -1.06. The summed E-state index contributed by atoms with van der Waals surface area (Å²) in [5.41, 5.74) is 1.20. The van der Waals surface area contributed by atoms with Gasteiger partial charge in [0.25, 0.3) is 0 Å². The number of para-hydroxylation sites is 1. The van der Waals surface area contributed by atoms with Crippen molar-refractivity contribution in [2.24, 2.45) is 0 Å². The molecule has 3 atom stereocenters. The second-order valence-corrected chi connectivity index (χ2v) is 4.34. The molecule has 0 amide bonds. The fourth-order valence-corrected chi connectivity index (χ4v) is 2.16. The van der Waals surface area contributed by atoms with Crippen LogP contribution in [0.5, 0.6) is 5.75 Å². The molecule has 0 aromatic heterocycles. The van der Waals surface area contributed by atoms with Crippen LogP contribution in [0.25, 0.3) is 0 Å². The van der Waals surface area contributed by atoms with E-state index >= 15 is 0 Å². The first-order chi connectivity index (χ1) is 8.26. The molecule has 3 unspecified atom stereocenters. The summed E-state index contributed by atoms with van der Waals surface area (Å²) in [5.74, 6) is 0.914. The first-order valence-electron chi connectivity index (χ1n) is 6.30. The highest BCUT2D eigenvalue weighted by molar-refractivity contribution is 5.33. The molecule has 1 fully saturated rings. The highest BCUT2D eigenvalue weighted by Gasteiger charge is 2.42. The molecule has 94 valence electrons. The van der Waals surface area contributed by atoms with Crippen molar-refractivity contribution in [2.45, 2.75) is 45.0 Å². The fraction of sp³-hybridized carbons (Fsp3) is 0.571. The molecular weight excluding hydrogens is 216 g/mol. The van der Waals surface area contributed by atoms with Crippen molar-refractivity contribution in [2.75, 3.05) is 6.61 Å². The number of aliphatic hydroxyl groups excluding tert-OH is 1. The van der Waals surface area contributed by atoms with Gasteiger partial charge in [-0.1, -0.05) is 25.1 Å². The molecule has 1 saturated carbocycles. The van der Waals surface area contributed by atoms with Crippen LogP contribution in [0.2, 0.25) is 0 Å². The Bertz CT molecular complexity index is 364. The summed E-state index contributed by atoms with van der Waals surface area (Å²) < 4.78 is 11.4. The highest BCUT2D eigenvalue weighted by atomic mass is 16.6. The zero-order valence-electron chi connectivity index (χ0n) is 10.4. The minimum atomic E-state index is -0.381. The van der Waals surface area contributed by atoms with Gasteiger partial charge in [-0.05, 0) is 25.0 Å². The number of benzene rings is 1. The lowest BCUT2D eigenvalue weighted by molar-refractivity contribution is -0.160. The maximum absolute atomic E-state index is 9.61. The summed E-state index contributed by atoms with van der Waals surface area (Å²) in [5, 5.41) is 9.61. The van der Waals surface area contributed by atoms with Gasteiger partial charge in [0.05, 0.1) is 6.10 Å². The lowest BCUT2D eigenvalue weighted by atomic mass is 9.88. The van der Waals surface area contributed by atoms with E-state index in [1.165, 1.54) is 5.56 Å².